The first-order chi connectivity index (χ1) is 17.3. The van der Waals surface area contributed by atoms with Gasteiger partial charge in [-0.05, 0) is 61.7 Å². The van der Waals surface area contributed by atoms with E-state index in [2.05, 4.69) is 15.0 Å². The number of hydrogen-bond acceptors (Lipinski definition) is 5. The van der Waals surface area contributed by atoms with Crippen LogP contribution in [0.25, 0.3) is 11.0 Å². The number of aromatic nitrogens is 3. The average molecular weight is 493 g/mol. The predicted octanol–water partition coefficient (Wildman–Crippen LogP) is 4.55. The summed E-state index contributed by atoms with van der Waals surface area (Å²) in [6.45, 7) is 1.76. The molecule has 0 aliphatic carbocycles. The highest BCUT2D eigenvalue weighted by atomic mass is 19.1. The Hall–Kier alpha value is -4.21. The molecule has 5 rings (SSSR count). The minimum atomic E-state index is -0.747. The standard InChI is InChI=1S/C26H22F3N5O2/c1-15-12-17(27)8-9-20(15)34(26-30-13-16-7-10-22(35)31-25(16)32-26)14-23(36)33-11-3-6-21(33)24-18(28)4-2-5-19(24)29/h2,4-5,7-10,12-13,21H,3,6,11,14H2,1H3,(H,30,31,32,35). The van der Waals surface area contributed by atoms with Crippen LogP contribution in [-0.2, 0) is 4.79 Å². The highest BCUT2D eigenvalue weighted by Gasteiger charge is 2.35. The molecule has 3 heterocycles. The molecule has 7 nitrogen and oxygen atoms in total. The lowest BCUT2D eigenvalue weighted by molar-refractivity contribution is -0.130. The molecule has 2 aromatic heterocycles. The van der Waals surface area contributed by atoms with Gasteiger partial charge in [0.2, 0.25) is 17.4 Å². The molecule has 10 heteroatoms. The number of carbonyl (C=O) groups is 1. The van der Waals surface area contributed by atoms with Crippen LogP contribution < -0.4 is 10.5 Å². The van der Waals surface area contributed by atoms with Crippen molar-refractivity contribution in [3.05, 3.63) is 93.7 Å². The minimum absolute atomic E-state index is 0.111. The van der Waals surface area contributed by atoms with Gasteiger partial charge < -0.3 is 14.8 Å². The van der Waals surface area contributed by atoms with Crippen molar-refractivity contribution in [1.82, 2.24) is 19.9 Å². The summed E-state index contributed by atoms with van der Waals surface area (Å²) in [4.78, 5) is 39.8. The molecule has 1 saturated heterocycles. The lowest BCUT2D eigenvalue weighted by Crippen LogP contribution is -2.39. The van der Waals surface area contributed by atoms with Gasteiger partial charge >= 0.3 is 0 Å². The zero-order valence-corrected chi connectivity index (χ0v) is 19.3. The third-order valence-electron chi connectivity index (χ3n) is 6.35. The lowest BCUT2D eigenvalue weighted by Gasteiger charge is -2.30. The van der Waals surface area contributed by atoms with Crippen molar-refractivity contribution in [2.45, 2.75) is 25.8 Å². The zero-order chi connectivity index (χ0) is 25.4. The highest BCUT2D eigenvalue weighted by Crippen LogP contribution is 2.36. The molecule has 1 amide bonds. The maximum atomic E-state index is 14.5. The van der Waals surface area contributed by atoms with Gasteiger partial charge in [0.15, 0.2) is 0 Å². The van der Waals surface area contributed by atoms with Gasteiger partial charge in [-0.25, -0.2) is 18.2 Å². The van der Waals surface area contributed by atoms with E-state index >= 15 is 0 Å². The molecular formula is C26H22F3N5O2. The van der Waals surface area contributed by atoms with E-state index in [0.29, 0.717) is 36.0 Å². The summed E-state index contributed by atoms with van der Waals surface area (Å²) in [5.74, 6) is -2.13. The van der Waals surface area contributed by atoms with E-state index < -0.39 is 29.4 Å². The quantitative estimate of drug-likeness (QED) is 0.441. The molecule has 0 spiro atoms. The van der Waals surface area contributed by atoms with Gasteiger partial charge in [0.1, 0.15) is 29.6 Å². The van der Waals surface area contributed by atoms with Crippen LogP contribution in [0.1, 0.15) is 30.0 Å². The lowest BCUT2D eigenvalue weighted by atomic mass is 10.0. The third-order valence-corrected chi connectivity index (χ3v) is 6.35. The average Bonchev–Trinajstić information content (AvgIpc) is 3.32. The van der Waals surface area contributed by atoms with E-state index in [0.717, 1.165) is 0 Å². The minimum Gasteiger partial charge on any atom is -0.334 e. The van der Waals surface area contributed by atoms with Gasteiger partial charge in [0.25, 0.3) is 0 Å². The van der Waals surface area contributed by atoms with Crippen LogP contribution in [0.5, 0.6) is 0 Å². The summed E-state index contributed by atoms with van der Waals surface area (Å²) >= 11 is 0. The van der Waals surface area contributed by atoms with Crippen molar-refractivity contribution < 1.29 is 18.0 Å². The van der Waals surface area contributed by atoms with Crippen molar-refractivity contribution in [3.8, 4) is 0 Å². The third kappa shape index (κ3) is 4.41. The molecule has 2 aromatic carbocycles. The number of nitrogens with zero attached hydrogens (tertiary/aromatic N) is 4. The Morgan fingerprint density at radius 1 is 1.14 bits per heavy atom. The van der Waals surface area contributed by atoms with Crippen LogP contribution in [0.2, 0.25) is 0 Å². The van der Waals surface area contributed by atoms with Crippen molar-refractivity contribution >= 4 is 28.6 Å². The van der Waals surface area contributed by atoms with E-state index in [9.17, 15) is 22.8 Å². The van der Waals surface area contributed by atoms with Crippen LogP contribution in [0.15, 0.2) is 59.5 Å². The number of hydrogen-bond donors (Lipinski definition) is 1. The van der Waals surface area contributed by atoms with Crippen molar-refractivity contribution in [1.29, 1.82) is 0 Å². The number of nitrogens with one attached hydrogen (secondary N) is 1. The molecule has 1 aliphatic rings. The normalized spacial score (nSPS) is 15.4. The van der Waals surface area contributed by atoms with Gasteiger partial charge in [-0.3, -0.25) is 9.59 Å². The van der Waals surface area contributed by atoms with Gasteiger partial charge in [-0.15, -0.1) is 0 Å². The predicted molar refractivity (Wildman–Crippen MR) is 128 cm³/mol. The van der Waals surface area contributed by atoms with Gasteiger partial charge in [0.05, 0.1) is 6.04 Å². The number of amides is 1. The first-order valence-corrected chi connectivity index (χ1v) is 11.4. The Labute approximate surface area is 204 Å². The Morgan fingerprint density at radius 2 is 1.92 bits per heavy atom. The molecule has 184 valence electrons. The number of carbonyl (C=O) groups excluding carboxylic acids is 1. The smallest absolute Gasteiger partial charge is 0.249 e. The molecule has 0 saturated carbocycles. The number of pyridine rings is 1. The van der Waals surface area contributed by atoms with E-state index in [1.807, 2.05) is 0 Å². The van der Waals surface area contributed by atoms with Crippen molar-refractivity contribution in [2.75, 3.05) is 18.0 Å². The van der Waals surface area contributed by atoms with Crippen LogP contribution in [0, 0.1) is 24.4 Å². The largest absolute Gasteiger partial charge is 0.334 e. The van der Waals surface area contributed by atoms with Crippen LogP contribution in [-0.4, -0.2) is 38.8 Å². The maximum absolute atomic E-state index is 14.5. The summed E-state index contributed by atoms with van der Waals surface area (Å²) in [6.07, 6.45) is 2.53. The molecular weight excluding hydrogens is 471 g/mol. The van der Waals surface area contributed by atoms with Crippen LogP contribution in [0.4, 0.5) is 24.8 Å². The highest BCUT2D eigenvalue weighted by molar-refractivity contribution is 5.85. The Balaban J connectivity index is 1.54. The fraction of sp³-hybridized carbons (Fsp3) is 0.231. The molecule has 1 N–H and O–H groups in total. The van der Waals surface area contributed by atoms with Crippen LogP contribution >= 0.6 is 0 Å². The molecule has 36 heavy (non-hydrogen) atoms. The number of fused-ring (bicyclic) bond motifs is 1. The Morgan fingerprint density at radius 3 is 2.67 bits per heavy atom. The molecule has 4 aromatic rings. The number of rotatable bonds is 5. The van der Waals surface area contributed by atoms with E-state index in [1.165, 1.54) is 58.5 Å². The number of aryl methyl sites for hydroxylation is 1. The number of halogens is 3. The second-order valence-corrected chi connectivity index (χ2v) is 8.69. The van der Waals surface area contributed by atoms with E-state index in [4.69, 9.17) is 0 Å². The first kappa shape index (κ1) is 23.5. The number of H-pyrrole nitrogens is 1. The number of benzene rings is 2. The number of anilines is 2. The number of aromatic amines is 1. The van der Waals surface area contributed by atoms with E-state index in [1.54, 1.807) is 13.0 Å². The Bertz CT molecular complexity index is 1500. The Kier molecular flexibility index (Phi) is 6.17. The van der Waals surface area contributed by atoms with Gasteiger partial charge in [-0.1, -0.05) is 6.07 Å². The first-order valence-electron chi connectivity index (χ1n) is 11.4. The fourth-order valence-corrected chi connectivity index (χ4v) is 4.66. The monoisotopic (exact) mass is 493 g/mol. The topological polar surface area (TPSA) is 82.2 Å². The molecule has 1 atom stereocenters. The summed E-state index contributed by atoms with van der Waals surface area (Å²) < 4.78 is 42.9. The molecule has 1 unspecified atom stereocenters. The molecule has 1 fully saturated rings. The second kappa shape index (κ2) is 9.44. The zero-order valence-electron chi connectivity index (χ0n) is 19.3. The van der Waals surface area contributed by atoms with E-state index in [-0.39, 0.29) is 29.3 Å². The van der Waals surface area contributed by atoms with Crippen LogP contribution in [0.3, 0.4) is 0 Å². The summed E-state index contributed by atoms with van der Waals surface area (Å²) in [6, 6.07) is 9.92. The second-order valence-electron chi connectivity index (χ2n) is 8.69. The molecule has 0 radical (unpaired) electrons. The summed E-state index contributed by atoms with van der Waals surface area (Å²) in [5.41, 5.74) is 0.811. The summed E-state index contributed by atoms with van der Waals surface area (Å²) in [5, 5.41) is 0.593. The number of likely N-dealkylation sites (tertiary alicyclic amines) is 1. The maximum Gasteiger partial charge on any atom is 0.249 e. The van der Waals surface area contributed by atoms with Gasteiger partial charge in [0, 0.05) is 35.4 Å². The SMILES string of the molecule is Cc1cc(F)ccc1N(CC(=O)N1CCCC1c1c(F)cccc1F)c1ncc2ccc(=O)[nH]c2n1. The van der Waals surface area contributed by atoms with Crippen molar-refractivity contribution in [3.63, 3.8) is 0 Å². The van der Waals surface area contributed by atoms with Gasteiger partial charge in [-0.2, -0.15) is 4.98 Å². The molecule has 0 bridgehead atoms. The molecule has 1 aliphatic heterocycles. The van der Waals surface area contributed by atoms with Crippen molar-refractivity contribution in [2.24, 2.45) is 0 Å². The fourth-order valence-electron chi connectivity index (χ4n) is 4.66. The summed E-state index contributed by atoms with van der Waals surface area (Å²) in [7, 11) is 0.